The van der Waals surface area contributed by atoms with E-state index in [1.54, 1.807) is 0 Å². The van der Waals surface area contributed by atoms with Crippen molar-refractivity contribution in [3.05, 3.63) is 41.2 Å². The molecule has 0 aromatic heterocycles. The van der Waals surface area contributed by atoms with Gasteiger partial charge in [0, 0.05) is 28.5 Å². The Balaban J connectivity index is 2.09. The molecular formula is C21H32N2. The lowest BCUT2D eigenvalue weighted by molar-refractivity contribution is 0.113. The van der Waals surface area contributed by atoms with E-state index in [-0.39, 0.29) is 5.41 Å². The maximum Gasteiger partial charge on any atom is 0.111 e. The molecule has 0 saturated heterocycles. The van der Waals surface area contributed by atoms with Gasteiger partial charge in [-0.1, -0.05) is 51.8 Å². The molecular weight excluding hydrogens is 280 g/mol. The van der Waals surface area contributed by atoms with Crippen LogP contribution < -0.4 is 4.90 Å². The van der Waals surface area contributed by atoms with E-state index in [4.69, 9.17) is 0 Å². The zero-order valence-electron chi connectivity index (χ0n) is 15.7. The van der Waals surface area contributed by atoms with E-state index in [9.17, 15) is 0 Å². The van der Waals surface area contributed by atoms with Crippen LogP contribution in [0.4, 0.5) is 5.69 Å². The Labute approximate surface area is 142 Å². The SMILES string of the molecule is CC1=C(C)N(C2CCCC2)C(C(C)(C)C)N1c1ccccc1C. The number of aryl methyl sites for hydroxylation is 1. The summed E-state index contributed by atoms with van der Waals surface area (Å²) in [5, 5.41) is 0. The lowest BCUT2D eigenvalue weighted by Gasteiger charge is -2.45. The topological polar surface area (TPSA) is 6.48 Å². The third-order valence-electron chi connectivity index (χ3n) is 5.65. The second-order valence-electron chi connectivity index (χ2n) is 8.41. The normalized spacial score (nSPS) is 23.3. The van der Waals surface area contributed by atoms with Gasteiger partial charge in [-0.2, -0.15) is 0 Å². The number of nitrogens with zero attached hydrogens (tertiary/aromatic N) is 2. The summed E-state index contributed by atoms with van der Waals surface area (Å²) in [4.78, 5) is 5.35. The van der Waals surface area contributed by atoms with Crippen LogP contribution in [-0.2, 0) is 0 Å². The van der Waals surface area contributed by atoms with Crippen molar-refractivity contribution in [2.75, 3.05) is 4.90 Å². The van der Waals surface area contributed by atoms with Crippen LogP contribution in [0.25, 0.3) is 0 Å². The van der Waals surface area contributed by atoms with Crippen molar-refractivity contribution in [3.8, 4) is 0 Å². The standard InChI is InChI=1S/C21H32N2/c1-15-11-7-10-14-19(15)23-17(3)16(2)22(18-12-8-9-13-18)20(23)21(4,5)6/h7,10-11,14,18,20H,8-9,12-13H2,1-6H3. The van der Waals surface area contributed by atoms with Crippen LogP contribution in [-0.4, -0.2) is 17.1 Å². The van der Waals surface area contributed by atoms with Crippen molar-refractivity contribution in [3.63, 3.8) is 0 Å². The van der Waals surface area contributed by atoms with Crippen molar-refractivity contribution < 1.29 is 0 Å². The van der Waals surface area contributed by atoms with E-state index in [1.807, 2.05) is 0 Å². The van der Waals surface area contributed by atoms with Gasteiger partial charge in [0.2, 0.25) is 0 Å². The van der Waals surface area contributed by atoms with E-state index in [0.717, 1.165) is 0 Å². The van der Waals surface area contributed by atoms with E-state index in [1.165, 1.54) is 48.3 Å². The molecule has 1 aromatic carbocycles. The molecule has 0 bridgehead atoms. The van der Waals surface area contributed by atoms with Gasteiger partial charge in [-0.3, -0.25) is 0 Å². The number of anilines is 1. The molecule has 3 rings (SSSR count). The summed E-state index contributed by atoms with van der Waals surface area (Å²) in [6, 6.07) is 9.53. The predicted octanol–water partition coefficient (Wildman–Crippen LogP) is 5.68. The number of allylic oxidation sites excluding steroid dienone is 2. The van der Waals surface area contributed by atoms with Crippen LogP contribution in [0.5, 0.6) is 0 Å². The zero-order valence-corrected chi connectivity index (χ0v) is 15.7. The van der Waals surface area contributed by atoms with Crippen LogP contribution in [0.1, 0.15) is 65.9 Å². The molecule has 1 saturated carbocycles. The second-order valence-corrected chi connectivity index (χ2v) is 8.41. The molecule has 1 aliphatic carbocycles. The highest BCUT2D eigenvalue weighted by atomic mass is 15.4. The summed E-state index contributed by atoms with van der Waals surface area (Å²) in [6.45, 7) is 14.0. The summed E-state index contributed by atoms with van der Waals surface area (Å²) in [5.74, 6) is 0. The fraction of sp³-hybridized carbons (Fsp3) is 0.619. The Morgan fingerprint density at radius 1 is 0.913 bits per heavy atom. The van der Waals surface area contributed by atoms with Crippen molar-refractivity contribution in [2.24, 2.45) is 5.41 Å². The number of hydrogen-bond donors (Lipinski definition) is 0. The Kier molecular flexibility index (Phi) is 4.20. The lowest BCUT2D eigenvalue weighted by atomic mass is 9.89. The highest BCUT2D eigenvalue weighted by molar-refractivity contribution is 5.61. The highest BCUT2D eigenvalue weighted by Crippen LogP contribution is 2.45. The summed E-state index contributed by atoms with van der Waals surface area (Å²) < 4.78 is 0. The Hall–Kier alpha value is -1.44. The first-order valence-electron chi connectivity index (χ1n) is 9.13. The maximum atomic E-state index is 2.74. The minimum absolute atomic E-state index is 0.198. The fourth-order valence-electron chi connectivity index (χ4n) is 4.46. The minimum atomic E-state index is 0.198. The average Bonchev–Trinajstić information content (AvgIpc) is 3.07. The van der Waals surface area contributed by atoms with Crippen LogP contribution in [0, 0.1) is 12.3 Å². The summed E-state index contributed by atoms with van der Waals surface area (Å²) in [6.07, 6.45) is 5.87. The molecule has 0 spiro atoms. The molecule has 1 aliphatic heterocycles. The number of para-hydroxylation sites is 1. The first-order valence-corrected chi connectivity index (χ1v) is 9.13. The van der Waals surface area contributed by atoms with Gasteiger partial charge in [0.1, 0.15) is 6.17 Å². The Morgan fingerprint density at radius 3 is 2.09 bits per heavy atom. The molecule has 2 nitrogen and oxygen atoms in total. The van der Waals surface area contributed by atoms with Crippen molar-refractivity contribution in [1.29, 1.82) is 0 Å². The van der Waals surface area contributed by atoms with Gasteiger partial charge < -0.3 is 9.80 Å². The number of benzene rings is 1. The van der Waals surface area contributed by atoms with E-state index < -0.39 is 0 Å². The summed E-state index contributed by atoms with van der Waals surface area (Å²) in [5.41, 5.74) is 5.82. The van der Waals surface area contributed by atoms with E-state index >= 15 is 0 Å². The van der Waals surface area contributed by atoms with Gasteiger partial charge in [-0.05, 0) is 45.2 Å². The van der Waals surface area contributed by atoms with Crippen molar-refractivity contribution >= 4 is 5.69 Å². The van der Waals surface area contributed by atoms with E-state index in [0.29, 0.717) is 12.2 Å². The number of rotatable bonds is 2. The average molecular weight is 313 g/mol. The zero-order chi connectivity index (χ0) is 16.8. The fourth-order valence-corrected chi connectivity index (χ4v) is 4.46. The number of hydrogen-bond acceptors (Lipinski definition) is 2. The minimum Gasteiger partial charge on any atom is -0.350 e. The predicted molar refractivity (Wildman–Crippen MR) is 99.4 cm³/mol. The van der Waals surface area contributed by atoms with Crippen LogP contribution in [0.2, 0.25) is 0 Å². The molecule has 1 fully saturated rings. The van der Waals surface area contributed by atoms with Crippen LogP contribution in [0.15, 0.2) is 35.7 Å². The van der Waals surface area contributed by atoms with Crippen molar-refractivity contribution in [1.82, 2.24) is 4.90 Å². The van der Waals surface area contributed by atoms with Gasteiger partial charge in [-0.25, -0.2) is 0 Å². The maximum absolute atomic E-state index is 2.74. The molecule has 0 amide bonds. The van der Waals surface area contributed by atoms with Gasteiger partial charge in [0.25, 0.3) is 0 Å². The Morgan fingerprint density at radius 2 is 1.52 bits per heavy atom. The molecule has 2 aliphatic rings. The van der Waals surface area contributed by atoms with E-state index in [2.05, 4.69) is 75.6 Å². The summed E-state index contributed by atoms with van der Waals surface area (Å²) >= 11 is 0. The molecule has 2 heteroatoms. The lowest BCUT2D eigenvalue weighted by Crippen LogP contribution is -2.52. The third kappa shape index (κ3) is 2.77. The molecule has 1 atom stereocenters. The highest BCUT2D eigenvalue weighted by Gasteiger charge is 2.45. The molecule has 1 heterocycles. The van der Waals surface area contributed by atoms with Crippen LogP contribution >= 0.6 is 0 Å². The van der Waals surface area contributed by atoms with Gasteiger partial charge in [-0.15, -0.1) is 0 Å². The summed E-state index contributed by atoms with van der Waals surface area (Å²) in [7, 11) is 0. The van der Waals surface area contributed by atoms with Crippen LogP contribution in [0.3, 0.4) is 0 Å². The second kappa shape index (κ2) is 5.89. The van der Waals surface area contributed by atoms with Gasteiger partial charge in [0.05, 0.1) is 0 Å². The molecule has 0 N–H and O–H groups in total. The van der Waals surface area contributed by atoms with Gasteiger partial charge >= 0.3 is 0 Å². The monoisotopic (exact) mass is 312 g/mol. The quantitative estimate of drug-likeness (QED) is 0.693. The first-order chi connectivity index (χ1) is 10.8. The first kappa shape index (κ1) is 16.4. The third-order valence-corrected chi connectivity index (χ3v) is 5.65. The molecule has 1 unspecified atom stereocenters. The molecule has 0 radical (unpaired) electrons. The molecule has 126 valence electrons. The molecule has 1 aromatic rings. The molecule has 23 heavy (non-hydrogen) atoms. The van der Waals surface area contributed by atoms with Crippen molar-refractivity contribution in [2.45, 2.75) is 79.4 Å². The van der Waals surface area contributed by atoms with Gasteiger partial charge in [0.15, 0.2) is 0 Å². The largest absolute Gasteiger partial charge is 0.350 e. The Bertz CT molecular complexity index is 603. The smallest absolute Gasteiger partial charge is 0.111 e.